The Kier molecular flexibility index (Phi) is 27.7. The fourth-order valence-corrected chi connectivity index (χ4v) is 7.15. The molecule has 22 heteroatoms. The molecule has 7 amide bonds. The van der Waals surface area contributed by atoms with Crippen molar-refractivity contribution >= 4 is 76.8 Å². The number of carboxylic acid groups (broad SMARTS) is 2. The zero-order valence-corrected chi connectivity index (χ0v) is 39.2. The number of amides is 7. The molecule has 0 fully saturated rings. The van der Waals surface area contributed by atoms with Crippen LogP contribution in [0.25, 0.3) is 0 Å². The molecule has 13 N–H and O–H groups in total. The highest BCUT2D eigenvalue weighted by molar-refractivity contribution is 7.98. The number of nitrogens with two attached hydrogens (primary N) is 2. The van der Waals surface area contributed by atoms with Crippen molar-refractivity contribution in [3.05, 3.63) is 35.9 Å². The van der Waals surface area contributed by atoms with E-state index in [0.717, 1.165) is 0 Å². The van der Waals surface area contributed by atoms with Crippen LogP contribution in [0.3, 0.4) is 0 Å². The summed E-state index contributed by atoms with van der Waals surface area (Å²) in [7, 11) is 0. The van der Waals surface area contributed by atoms with Crippen LogP contribution in [0, 0.1) is 11.8 Å². The quantitative estimate of drug-likeness (QED) is 0.0405. The van der Waals surface area contributed by atoms with Gasteiger partial charge in [0.15, 0.2) is 0 Å². The van der Waals surface area contributed by atoms with Gasteiger partial charge in [-0.1, -0.05) is 58.0 Å². The lowest BCUT2D eigenvalue weighted by molar-refractivity contribution is -0.142. The van der Waals surface area contributed by atoms with E-state index in [9.17, 15) is 53.4 Å². The van der Waals surface area contributed by atoms with Crippen LogP contribution in [-0.4, -0.2) is 143 Å². The predicted molar refractivity (Wildman–Crippen MR) is 246 cm³/mol. The maximum atomic E-state index is 14.2. The molecule has 0 radical (unpaired) electrons. The van der Waals surface area contributed by atoms with E-state index in [2.05, 4.69) is 37.2 Å². The van der Waals surface area contributed by atoms with E-state index in [4.69, 9.17) is 11.5 Å². The van der Waals surface area contributed by atoms with Crippen molar-refractivity contribution < 1.29 is 53.4 Å². The van der Waals surface area contributed by atoms with Crippen LogP contribution >= 0.6 is 23.5 Å². The molecule has 0 saturated carbocycles. The first-order valence-electron chi connectivity index (χ1n) is 21.2. The van der Waals surface area contributed by atoms with Crippen LogP contribution < -0.4 is 48.7 Å². The third-order valence-electron chi connectivity index (χ3n) is 9.73. The molecule has 0 saturated heterocycles. The number of hydrogen-bond donors (Lipinski definition) is 11. The summed E-state index contributed by atoms with van der Waals surface area (Å²) < 4.78 is 0. The summed E-state index contributed by atoms with van der Waals surface area (Å²) in [6.07, 6.45) is 4.40. The van der Waals surface area contributed by atoms with Crippen LogP contribution in [0.2, 0.25) is 0 Å². The Morgan fingerprint density at radius 2 is 1.17 bits per heavy atom. The van der Waals surface area contributed by atoms with Crippen molar-refractivity contribution in [2.45, 2.75) is 121 Å². The molecule has 0 heterocycles. The zero-order chi connectivity index (χ0) is 48.4. The molecule has 0 aliphatic carbocycles. The fourth-order valence-electron chi connectivity index (χ4n) is 6.19. The third-order valence-corrected chi connectivity index (χ3v) is 11.0. The van der Waals surface area contributed by atoms with E-state index in [1.54, 1.807) is 64.3 Å². The first-order valence-corrected chi connectivity index (χ1v) is 24.0. The molecule has 7 atom stereocenters. The van der Waals surface area contributed by atoms with Crippen molar-refractivity contribution in [2.24, 2.45) is 23.3 Å². The molecule has 20 nitrogen and oxygen atoms in total. The fraction of sp³-hybridized carbons (Fsp3) is 0.643. The number of unbranched alkanes of at least 4 members (excludes halogenated alkanes) is 1. The van der Waals surface area contributed by atoms with Gasteiger partial charge in [0, 0.05) is 6.42 Å². The smallest absolute Gasteiger partial charge is 0.326 e. The van der Waals surface area contributed by atoms with Gasteiger partial charge >= 0.3 is 11.9 Å². The summed E-state index contributed by atoms with van der Waals surface area (Å²) in [5.41, 5.74) is 12.2. The average Bonchev–Trinajstić information content (AvgIpc) is 3.23. The summed E-state index contributed by atoms with van der Waals surface area (Å²) in [6.45, 7) is 6.60. The summed E-state index contributed by atoms with van der Waals surface area (Å²) >= 11 is 2.85. The number of carboxylic acids is 2. The van der Waals surface area contributed by atoms with Crippen molar-refractivity contribution in [2.75, 3.05) is 37.1 Å². The molecule has 0 bridgehead atoms. The van der Waals surface area contributed by atoms with Crippen LogP contribution in [-0.2, 0) is 49.6 Å². The number of thioether (sulfide) groups is 2. The molecule has 0 aliphatic heterocycles. The highest BCUT2D eigenvalue weighted by Crippen LogP contribution is 2.11. The molecule has 1 rings (SSSR count). The Morgan fingerprint density at radius 3 is 1.72 bits per heavy atom. The second-order valence-corrected chi connectivity index (χ2v) is 18.0. The van der Waals surface area contributed by atoms with Gasteiger partial charge in [-0.05, 0) is 86.5 Å². The first-order chi connectivity index (χ1) is 30.2. The highest BCUT2D eigenvalue weighted by Gasteiger charge is 2.35. The first kappa shape index (κ1) is 57.1. The number of hydrogen-bond acceptors (Lipinski definition) is 13. The lowest BCUT2D eigenvalue weighted by atomic mass is 10.00. The van der Waals surface area contributed by atoms with Gasteiger partial charge in [0.05, 0.1) is 19.0 Å². The zero-order valence-electron chi connectivity index (χ0n) is 37.6. The lowest BCUT2D eigenvalue weighted by Gasteiger charge is -2.28. The Labute approximate surface area is 383 Å². The largest absolute Gasteiger partial charge is 0.481 e. The van der Waals surface area contributed by atoms with Gasteiger partial charge in [0.1, 0.15) is 36.3 Å². The Morgan fingerprint density at radius 1 is 0.625 bits per heavy atom. The maximum Gasteiger partial charge on any atom is 0.326 e. The number of nitrogens with one attached hydrogen (secondary N) is 7. The minimum absolute atomic E-state index is 0.0290. The molecule has 1 aromatic carbocycles. The molecular weight excluding hydrogens is 871 g/mol. The number of rotatable bonds is 32. The van der Waals surface area contributed by atoms with E-state index < -0.39 is 114 Å². The monoisotopic (exact) mass is 939 g/mol. The summed E-state index contributed by atoms with van der Waals surface area (Å²) in [6, 6.07) is -0.0535. The van der Waals surface area contributed by atoms with E-state index in [1.165, 1.54) is 23.5 Å². The second kappa shape index (κ2) is 31.0. The molecule has 0 aromatic heterocycles. The van der Waals surface area contributed by atoms with Gasteiger partial charge in [-0.25, -0.2) is 4.79 Å². The number of carbonyl (C=O) groups excluding carboxylic acids is 7. The van der Waals surface area contributed by atoms with E-state index >= 15 is 0 Å². The van der Waals surface area contributed by atoms with Gasteiger partial charge < -0.3 is 58.9 Å². The topological polar surface area (TPSA) is 330 Å². The number of carbonyl (C=O) groups is 9. The van der Waals surface area contributed by atoms with Crippen molar-refractivity contribution in [1.82, 2.24) is 37.2 Å². The predicted octanol–water partition coefficient (Wildman–Crippen LogP) is -0.522. The third kappa shape index (κ3) is 22.6. The molecular formula is C42H69N9O11S2. The molecule has 360 valence electrons. The average molecular weight is 940 g/mol. The second-order valence-electron chi connectivity index (χ2n) is 16.0. The van der Waals surface area contributed by atoms with Crippen molar-refractivity contribution in [3.63, 3.8) is 0 Å². The van der Waals surface area contributed by atoms with Crippen LogP contribution in [0.15, 0.2) is 30.3 Å². The normalized spacial score (nSPS) is 14.4. The summed E-state index contributed by atoms with van der Waals surface area (Å²) in [4.78, 5) is 118. The summed E-state index contributed by atoms with van der Waals surface area (Å²) in [5, 5.41) is 36.9. The van der Waals surface area contributed by atoms with E-state index in [0.29, 0.717) is 36.5 Å². The van der Waals surface area contributed by atoms with Crippen molar-refractivity contribution in [1.29, 1.82) is 0 Å². The Bertz CT molecular complexity index is 1690. The Hall–Kier alpha value is -4.93. The SMILES string of the molecule is CSCC[C@H](NC(=O)[C@H](Cc1ccccc1)NC(=O)[C@@H](NC(=O)[C@H](CC(=O)O)NC(=O)[C@@H](N)CCSC)C(C)C)C(=O)N[C@@H](CCCCN)C(=O)NCC(=O)N[C@@H](CC(C)C)C(=O)O. The molecule has 64 heavy (non-hydrogen) atoms. The number of aliphatic carboxylic acids is 2. The number of benzene rings is 1. The standard InChI is InChI=1S/C42H69N9O11S2/c1-24(2)20-32(42(61)62)46-33(52)23-45-37(56)28(14-10-11-17-43)47-38(57)29(16-19-64-6)48-39(58)30(21-26-12-8-7-9-13-26)50-41(60)35(25(3)4)51-40(59)31(22-34(53)54)49-36(55)27(44)15-18-63-5/h7-9,12-13,24-25,27-32,35H,10-11,14-23,43-44H2,1-6H3,(H,45,56)(H,46,52)(H,47,57)(H,48,58)(H,49,55)(H,50,60)(H,51,59)(H,53,54)(H,61,62)/t27-,28-,29-,30-,31-,32-,35-/m0/s1. The Balaban J connectivity index is 3.36. The van der Waals surface area contributed by atoms with Crippen molar-refractivity contribution in [3.8, 4) is 0 Å². The maximum absolute atomic E-state index is 14.2. The highest BCUT2D eigenvalue weighted by atomic mass is 32.2. The van der Waals surface area contributed by atoms with Crippen LogP contribution in [0.5, 0.6) is 0 Å². The lowest BCUT2D eigenvalue weighted by Crippen LogP contribution is -2.61. The van der Waals surface area contributed by atoms with Gasteiger partial charge in [0.2, 0.25) is 41.4 Å². The minimum atomic E-state index is -1.57. The van der Waals surface area contributed by atoms with Gasteiger partial charge in [-0.15, -0.1) is 0 Å². The molecule has 0 unspecified atom stereocenters. The van der Waals surface area contributed by atoms with Gasteiger partial charge in [-0.3, -0.25) is 38.4 Å². The molecule has 0 spiro atoms. The molecule has 1 aromatic rings. The van der Waals surface area contributed by atoms with Crippen LogP contribution in [0.4, 0.5) is 0 Å². The van der Waals surface area contributed by atoms with E-state index in [-0.39, 0.29) is 38.0 Å². The van der Waals surface area contributed by atoms with Gasteiger partial charge in [0.25, 0.3) is 0 Å². The summed E-state index contributed by atoms with van der Waals surface area (Å²) in [5.74, 6) is -7.73. The minimum Gasteiger partial charge on any atom is -0.481 e. The molecule has 0 aliphatic rings. The van der Waals surface area contributed by atoms with Gasteiger partial charge in [-0.2, -0.15) is 23.5 Å². The van der Waals surface area contributed by atoms with Crippen LogP contribution in [0.1, 0.15) is 78.2 Å². The van der Waals surface area contributed by atoms with E-state index in [1.807, 2.05) is 6.26 Å².